The number of aliphatic hydroxyl groups excluding tert-OH is 1. The molecule has 3 atom stereocenters. The molecule has 0 spiro atoms. The Labute approximate surface area is 218 Å². The van der Waals surface area contributed by atoms with E-state index in [0.29, 0.717) is 23.5 Å². The van der Waals surface area contributed by atoms with Crippen LogP contribution in [0.4, 0.5) is 10.5 Å². The molecule has 0 fully saturated rings. The standard InChI is InChI=1S/C28H36N4O5/c1-18-15-32(19(2)17-33)27(34)24-13-21(20-7-5-6-8-20)14-29-26(24)37-25(18)16-31(3)28(35)30-22-9-11-23(36-4)12-10-22/h7,9-14,18-19,25,33H,5-6,8,15-17H2,1-4H3,(H,30,35)/t18-,19+,25-/m0/s1. The molecule has 0 saturated heterocycles. The normalized spacial score (nSPS) is 20.2. The fourth-order valence-corrected chi connectivity index (χ4v) is 4.67. The summed E-state index contributed by atoms with van der Waals surface area (Å²) in [7, 11) is 3.30. The smallest absolute Gasteiger partial charge is 0.321 e. The molecule has 9 nitrogen and oxygen atoms in total. The first-order chi connectivity index (χ1) is 17.8. The summed E-state index contributed by atoms with van der Waals surface area (Å²) in [6.07, 6.45) is 6.60. The third kappa shape index (κ3) is 6.05. The van der Waals surface area contributed by atoms with Crippen molar-refractivity contribution in [3.05, 3.63) is 53.7 Å². The molecule has 198 valence electrons. The van der Waals surface area contributed by atoms with E-state index in [-0.39, 0.29) is 42.9 Å². The van der Waals surface area contributed by atoms with Crippen LogP contribution in [0.25, 0.3) is 5.57 Å². The van der Waals surface area contributed by atoms with E-state index in [1.807, 2.05) is 19.9 Å². The van der Waals surface area contributed by atoms with E-state index < -0.39 is 6.10 Å². The van der Waals surface area contributed by atoms with Crippen LogP contribution in [0, 0.1) is 5.92 Å². The molecule has 9 heteroatoms. The van der Waals surface area contributed by atoms with Gasteiger partial charge in [0.25, 0.3) is 5.91 Å². The van der Waals surface area contributed by atoms with Gasteiger partial charge < -0.3 is 29.7 Å². The number of rotatable bonds is 7. The summed E-state index contributed by atoms with van der Waals surface area (Å²) in [5.74, 6) is 0.627. The molecule has 2 heterocycles. The molecule has 0 bridgehead atoms. The maximum Gasteiger partial charge on any atom is 0.321 e. The number of hydrogen-bond acceptors (Lipinski definition) is 6. The number of amides is 3. The minimum absolute atomic E-state index is 0.124. The summed E-state index contributed by atoms with van der Waals surface area (Å²) < 4.78 is 11.5. The van der Waals surface area contributed by atoms with Crippen molar-refractivity contribution in [2.75, 3.05) is 39.2 Å². The lowest BCUT2D eigenvalue weighted by Gasteiger charge is -2.37. The number of aliphatic hydroxyl groups is 1. The predicted molar refractivity (Wildman–Crippen MR) is 142 cm³/mol. The highest BCUT2D eigenvalue weighted by Crippen LogP contribution is 2.32. The van der Waals surface area contributed by atoms with Gasteiger partial charge in [-0.25, -0.2) is 9.78 Å². The molecule has 37 heavy (non-hydrogen) atoms. The lowest BCUT2D eigenvalue weighted by atomic mass is 9.99. The van der Waals surface area contributed by atoms with Crippen molar-refractivity contribution in [1.82, 2.24) is 14.8 Å². The van der Waals surface area contributed by atoms with E-state index >= 15 is 0 Å². The Kier molecular flexibility index (Phi) is 8.33. The second kappa shape index (κ2) is 11.6. The zero-order valence-electron chi connectivity index (χ0n) is 21.9. The molecule has 2 aromatic rings. The molecule has 1 aliphatic carbocycles. The number of methoxy groups -OCH3 is 1. The number of carbonyl (C=O) groups is 2. The van der Waals surface area contributed by atoms with E-state index in [4.69, 9.17) is 9.47 Å². The molecule has 0 unspecified atom stereocenters. The van der Waals surface area contributed by atoms with Crippen molar-refractivity contribution in [2.45, 2.75) is 45.3 Å². The minimum atomic E-state index is -0.420. The van der Waals surface area contributed by atoms with Crippen LogP contribution in [-0.4, -0.2) is 77.8 Å². The Morgan fingerprint density at radius 2 is 2.11 bits per heavy atom. The summed E-state index contributed by atoms with van der Waals surface area (Å²) in [5.41, 5.74) is 3.14. The van der Waals surface area contributed by atoms with Crippen molar-refractivity contribution >= 4 is 23.2 Å². The zero-order chi connectivity index (χ0) is 26.5. The molecule has 1 aromatic heterocycles. The van der Waals surface area contributed by atoms with Crippen LogP contribution < -0.4 is 14.8 Å². The number of carbonyl (C=O) groups excluding carboxylic acids is 2. The number of urea groups is 1. The average molecular weight is 509 g/mol. The van der Waals surface area contributed by atoms with Gasteiger partial charge in [0.1, 0.15) is 17.4 Å². The Bertz CT molecular complexity index is 1150. The molecule has 0 saturated carbocycles. The van der Waals surface area contributed by atoms with Gasteiger partial charge in [0.2, 0.25) is 5.88 Å². The molecule has 0 radical (unpaired) electrons. The summed E-state index contributed by atoms with van der Waals surface area (Å²) in [6, 6.07) is 8.31. The Hall–Kier alpha value is -3.59. The molecule has 1 aliphatic heterocycles. The van der Waals surface area contributed by atoms with E-state index in [1.54, 1.807) is 54.4 Å². The zero-order valence-corrected chi connectivity index (χ0v) is 21.9. The molecule has 4 rings (SSSR count). The second-order valence-corrected chi connectivity index (χ2v) is 9.86. The highest BCUT2D eigenvalue weighted by molar-refractivity contribution is 5.97. The van der Waals surface area contributed by atoms with Crippen molar-refractivity contribution in [3.8, 4) is 11.6 Å². The molecule has 2 aliphatic rings. The first-order valence-electron chi connectivity index (χ1n) is 12.7. The van der Waals surface area contributed by atoms with E-state index in [0.717, 1.165) is 24.8 Å². The van der Waals surface area contributed by atoms with Gasteiger partial charge in [-0.15, -0.1) is 0 Å². The molecule has 1 aromatic carbocycles. The van der Waals surface area contributed by atoms with Crippen LogP contribution >= 0.6 is 0 Å². The summed E-state index contributed by atoms with van der Waals surface area (Å²) in [6.45, 7) is 4.32. The third-order valence-electron chi connectivity index (χ3n) is 7.07. The summed E-state index contributed by atoms with van der Waals surface area (Å²) in [5, 5.41) is 12.7. The Morgan fingerprint density at radius 3 is 2.76 bits per heavy atom. The van der Waals surface area contributed by atoms with E-state index in [9.17, 15) is 14.7 Å². The monoisotopic (exact) mass is 508 g/mol. The Balaban J connectivity index is 1.57. The number of allylic oxidation sites excluding steroid dienone is 2. The second-order valence-electron chi connectivity index (χ2n) is 9.86. The van der Waals surface area contributed by atoms with Crippen molar-refractivity contribution < 1.29 is 24.2 Å². The van der Waals surface area contributed by atoms with Crippen molar-refractivity contribution in [2.24, 2.45) is 5.92 Å². The highest BCUT2D eigenvalue weighted by atomic mass is 16.5. The van der Waals surface area contributed by atoms with E-state index in [1.165, 1.54) is 5.57 Å². The maximum atomic E-state index is 13.6. The fourth-order valence-electron chi connectivity index (χ4n) is 4.67. The van der Waals surface area contributed by atoms with Crippen LogP contribution in [0.1, 0.15) is 49.0 Å². The Morgan fingerprint density at radius 1 is 1.35 bits per heavy atom. The number of nitrogens with zero attached hydrogens (tertiary/aromatic N) is 3. The fraction of sp³-hybridized carbons (Fsp3) is 0.464. The van der Waals surface area contributed by atoms with Gasteiger partial charge in [0, 0.05) is 31.4 Å². The maximum absolute atomic E-state index is 13.6. The van der Waals surface area contributed by atoms with Gasteiger partial charge in [0.15, 0.2) is 0 Å². The average Bonchev–Trinajstić information content (AvgIpc) is 3.45. The molecular weight excluding hydrogens is 472 g/mol. The lowest BCUT2D eigenvalue weighted by molar-refractivity contribution is 0.0356. The number of aromatic nitrogens is 1. The van der Waals surface area contributed by atoms with Crippen molar-refractivity contribution in [3.63, 3.8) is 0 Å². The first kappa shape index (κ1) is 26.5. The first-order valence-corrected chi connectivity index (χ1v) is 12.7. The van der Waals surface area contributed by atoms with Crippen LogP contribution in [0.5, 0.6) is 11.6 Å². The largest absolute Gasteiger partial charge is 0.497 e. The van der Waals surface area contributed by atoms with Gasteiger partial charge in [-0.1, -0.05) is 13.0 Å². The van der Waals surface area contributed by atoms with Gasteiger partial charge in [0.05, 0.1) is 26.3 Å². The summed E-state index contributed by atoms with van der Waals surface area (Å²) >= 11 is 0. The number of hydrogen-bond donors (Lipinski definition) is 2. The number of nitrogens with one attached hydrogen (secondary N) is 1. The molecular formula is C28H36N4O5. The number of ether oxygens (including phenoxy) is 2. The number of anilines is 1. The van der Waals surface area contributed by atoms with Crippen LogP contribution in [0.15, 0.2) is 42.6 Å². The SMILES string of the molecule is COc1ccc(NC(=O)N(C)C[C@@H]2Oc3ncc(C4=CCCC4)cc3C(=O)N([C@H](C)CO)C[C@@H]2C)cc1. The van der Waals surface area contributed by atoms with Crippen molar-refractivity contribution in [1.29, 1.82) is 0 Å². The van der Waals surface area contributed by atoms with Gasteiger partial charge in [-0.05, 0) is 67.7 Å². The quantitative estimate of drug-likeness (QED) is 0.585. The number of benzene rings is 1. The van der Waals surface area contributed by atoms with Crippen LogP contribution in [0.3, 0.4) is 0 Å². The topological polar surface area (TPSA) is 104 Å². The van der Waals surface area contributed by atoms with Gasteiger partial charge in [-0.3, -0.25) is 4.79 Å². The molecule has 2 N–H and O–H groups in total. The third-order valence-corrected chi connectivity index (χ3v) is 7.07. The number of fused-ring (bicyclic) bond motifs is 1. The predicted octanol–water partition coefficient (Wildman–Crippen LogP) is 4.04. The summed E-state index contributed by atoms with van der Waals surface area (Å²) in [4.78, 5) is 34.3. The van der Waals surface area contributed by atoms with Crippen LogP contribution in [0.2, 0.25) is 0 Å². The van der Waals surface area contributed by atoms with Gasteiger partial charge >= 0.3 is 6.03 Å². The molecule has 3 amide bonds. The number of likely N-dealkylation sites (N-methyl/N-ethyl adjacent to an activating group) is 1. The van der Waals surface area contributed by atoms with E-state index in [2.05, 4.69) is 16.4 Å². The number of pyridine rings is 1. The van der Waals surface area contributed by atoms with Crippen LogP contribution in [-0.2, 0) is 0 Å². The van der Waals surface area contributed by atoms with Gasteiger partial charge in [-0.2, -0.15) is 0 Å². The lowest BCUT2D eigenvalue weighted by Crippen LogP contribution is -2.50. The highest BCUT2D eigenvalue weighted by Gasteiger charge is 2.35. The minimum Gasteiger partial charge on any atom is -0.497 e.